The summed E-state index contributed by atoms with van der Waals surface area (Å²) >= 11 is 4.32. The maximum absolute atomic E-state index is 13.8. The molecular formula is C21H18BrF2N3O2S. The van der Waals surface area contributed by atoms with Crippen molar-refractivity contribution in [1.29, 1.82) is 0 Å². The number of thiazole rings is 1. The van der Waals surface area contributed by atoms with Crippen LogP contribution in [0.2, 0.25) is 0 Å². The van der Waals surface area contributed by atoms with E-state index in [1.54, 1.807) is 18.2 Å². The van der Waals surface area contributed by atoms with Gasteiger partial charge in [0, 0.05) is 23.1 Å². The quantitative estimate of drug-likeness (QED) is 0.511. The minimum absolute atomic E-state index is 0.0847. The highest BCUT2D eigenvalue weighted by molar-refractivity contribution is 9.10. The zero-order valence-corrected chi connectivity index (χ0v) is 18.1. The molecule has 0 fully saturated rings. The summed E-state index contributed by atoms with van der Waals surface area (Å²) in [7, 11) is 0. The molecule has 1 aliphatic rings. The predicted molar refractivity (Wildman–Crippen MR) is 117 cm³/mol. The first-order chi connectivity index (χ1) is 14.5. The maximum Gasteiger partial charge on any atom is 0.256 e. The number of rotatable bonds is 5. The molecule has 9 heteroatoms. The van der Waals surface area contributed by atoms with Gasteiger partial charge in [-0.25, -0.2) is 13.8 Å². The lowest BCUT2D eigenvalue weighted by atomic mass is 9.92. The highest BCUT2D eigenvalue weighted by atomic mass is 79.9. The zero-order valence-electron chi connectivity index (χ0n) is 15.7. The van der Waals surface area contributed by atoms with Gasteiger partial charge >= 0.3 is 0 Å². The minimum atomic E-state index is -0.603. The van der Waals surface area contributed by atoms with Gasteiger partial charge in [0.05, 0.1) is 22.0 Å². The molecule has 1 aromatic heterocycles. The number of nitrogens with one attached hydrogen (secondary N) is 1. The first kappa shape index (κ1) is 20.9. The molecular weight excluding hydrogens is 476 g/mol. The van der Waals surface area contributed by atoms with Gasteiger partial charge in [0.1, 0.15) is 12.5 Å². The molecule has 0 spiro atoms. The van der Waals surface area contributed by atoms with Crippen LogP contribution in [0.15, 0.2) is 47.1 Å². The second-order valence-electron chi connectivity index (χ2n) is 6.87. The van der Waals surface area contributed by atoms with Crippen LogP contribution in [-0.4, -0.2) is 28.6 Å². The SMILES string of the molecule is O=C(Nc1ccc(Br)c(F)c1)c1cccc2c1CC[C@H](CO)N2c1ncc(CF)s1. The van der Waals surface area contributed by atoms with Crippen molar-refractivity contribution in [2.75, 3.05) is 16.8 Å². The molecule has 1 amide bonds. The van der Waals surface area contributed by atoms with E-state index in [-0.39, 0.29) is 18.6 Å². The number of aliphatic hydroxyl groups excluding tert-OH is 1. The van der Waals surface area contributed by atoms with Crippen molar-refractivity contribution >= 4 is 49.7 Å². The van der Waals surface area contributed by atoms with Crippen LogP contribution in [0.3, 0.4) is 0 Å². The largest absolute Gasteiger partial charge is 0.394 e. The molecule has 0 radical (unpaired) electrons. The number of hydrogen-bond acceptors (Lipinski definition) is 5. The van der Waals surface area contributed by atoms with Gasteiger partial charge in [-0.05, 0) is 64.7 Å². The molecule has 1 aliphatic heterocycles. The number of amides is 1. The number of aromatic nitrogens is 1. The number of benzene rings is 2. The summed E-state index contributed by atoms with van der Waals surface area (Å²) in [5, 5.41) is 13.2. The first-order valence-corrected chi connectivity index (χ1v) is 10.9. The van der Waals surface area contributed by atoms with E-state index in [0.717, 1.165) is 11.3 Å². The summed E-state index contributed by atoms with van der Waals surface area (Å²) in [6.07, 6.45) is 2.70. The van der Waals surface area contributed by atoms with Crippen LogP contribution < -0.4 is 10.2 Å². The van der Waals surface area contributed by atoms with Crippen molar-refractivity contribution < 1.29 is 18.7 Å². The van der Waals surface area contributed by atoms with Gasteiger partial charge in [0.15, 0.2) is 5.13 Å². The zero-order chi connectivity index (χ0) is 21.3. The summed E-state index contributed by atoms with van der Waals surface area (Å²) in [4.78, 5) is 19.6. The van der Waals surface area contributed by atoms with Crippen molar-refractivity contribution in [3.63, 3.8) is 0 Å². The summed E-state index contributed by atoms with van der Waals surface area (Å²) in [5.41, 5.74) is 2.40. The molecule has 5 nitrogen and oxygen atoms in total. The average Bonchev–Trinajstić information content (AvgIpc) is 3.23. The van der Waals surface area contributed by atoms with Gasteiger partial charge in [0.2, 0.25) is 0 Å². The van der Waals surface area contributed by atoms with Crippen LogP contribution in [0.4, 0.5) is 25.3 Å². The van der Waals surface area contributed by atoms with Crippen LogP contribution in [-0.2, 0) is 13.1 Å². The third kappa shape index (κ3) is 3.97. The number of halogens is 3. The Hall–Kier alpha value is -2.36. The molecule has 1 atom stereocenters. The second-order valence-corrected chi connectivity index (χ2v) is 8.82. The van der Waals surface area contributed by atoms with E-state index in [1.165, 1.54) is 29.7 Å². The van der Waals surface area contributed by atoms with E-state index < -0.39 is 12.5 Å². The molecule has 156 valence electrons. The Morgan fingerprint density at radius 1 is 1.37 bits per heavy atom. The van der Waals surface area contributed by atoms with E-state index >= 15 is 0 Å². The number of alkyl halides is 1. The number of anilines is 3. The van der Waals surface area contributed by atoms with E-state index in [0.29, 0.717) is 38.6 Å². The van der Waals surface area contributed by atoms with Crippen molar-refractivity contribution in [1.82, 2.24) is 4.98 Å². The van der Waals surface area contributed by atoms with Crippen LogP contribution >= 0.6 is 27.3 Å². The molecule has 2 heterocycles. The molecule has 2 N–H and O–H groups in total. The van der Waals surface area contributed by atoms with Crippen LogP contribution in [0.25, 0.3) is 0 Å². The van der Waals surface area contributed by atoms with Gasteiger partial charge < -0.3 is 15.3 Å². The standard InChI is InChI=1S/C21H18BrF2N3O2S/c22-17-7-4-12(8-18(17)24)26-20(29)16-2-1-3-19-15(16)6-5-13(11-28)27(19)21-25-10-14(9-23)30-21/h1-4,7-8,10,13,28H,5-6,9,11H2,(H,26,29)/t13-/m1/s1. The monoisotopic (exact) mass is 493 g/mol. The molecule has 2 aromatic carbocycles. The third-order valence-corrected chi connectivity index (χ3v) is 6.62. The Labute approximate surface area is 184 Å². The summed E-state index contributed by atoms with van der Waals surface area (Å²) in [6.45, 7) is -0.688. The van der Waals surface area contributed by atoms with E-state index in [4.69, 9.17) is 0 Å². The molecule has 0 saturated carbocycles. The van der Waals surface area contributed by atoms with Crippen molar-refractivity contribution in [2.45, 2.75) is 25.6 Å². The average molecular weight is 494 g/mol. The van der Waals surface area contributed by atoms with Crippen molar-refractivity contribution in [3.05, 3.63) is 68.9 Å². The highest BCUT2D eigenvalue weighted by Gasteiger charge is 2.31. The highest BCUT2D eigenvalue weighted by Crippen LogP contribution is 2.40. The normalized spacial score (nSPS) is 15.7. The Morgan fingerprint density at radius 3 is 2.90 bits per heavy atom. The van der Waals surface area contributed by atoms with Gasteiger partial charge in [-0.3, -0.25) is 4.79 Å². The van der Waals surface area contributed by atoms with Gasteiger partial charge in [-0.1, -0.05) is 17.4 Å². The summed E-state index contributed by atoms with van der Waals surface area (Å²) in [5.74, 6) is -0.813. The fourth-order valence-electron chi connectivity index (χ4n) is 3.59. The fourth-order valence-corrected chi connectivity index (χ4v) is 4.68. The number of hydrogen-bond donors (Lipinski definition) is 2. The molecule has 0 unspecified atom stereocenters. The third-order valence-electron chi connectivity index (χ3n) is 5.02. The van der Waals surface area contributed by atoms with Gasteiger partial charge in [-0.15, -0.1) is 0 Å². The molecule has 4 rings (SSSR count). The van der Waals surface area contributed by atoms with Crippen LogP contribution in [0.5, 0.6) is 0 Å². The number of carbonyl (C=O) groups excluding carboxylic acids is 1. The first-order valence-electron chi connectivity index (χ1n) is 9.31. The Morgan fingerprint density at radius 2 is 2.20 bits per heavy atom. The lowest BCUT2D eigenvalue weighted by Crippen LogP contribution is -2.39. The number of carbonyl (C=O) groups is 1. The number of fused-ring (bicyclic) bond motifs is 1. The van der Waals surface area contributed by atoms with Gasteiger partial charge in [-0.2, -0.15) is 0 Å². The summed E-state index contributed by atoms with van der Waals surface area (Å²) in [6, 6.07) is 9.52. The van der Waals surface area contributed by atoms with Crippen LogP contribution in [0, 0.1) is 5.82 Å². The topological polar surface area (TPSA) is 65.5 Å². The van der Waals surface area contributed by atoms with E-state index in [1.807, 2.05) is 11.0 Å². The minimum Gasteiger partial charge on any atom is -0.394 e. The second kappa shape index (κ2) is 8.79. The Balaban J connectivity index is 1.69. The van der Waals surface area contributed by atoms with Crippen LogP contribution in [0.1, 0.15) is 27.2 Å². The van der Waals surface area contributed by atoms with E-state index in [9.17, 15) is 18.7 Å². The Kier molecular flexibility index (Phi) is 6.12. The lowest BCUT2D eigenvalue weighted by Gasteiger charge is -2.36. The molecule has 0 saturated heterocycles. The molecule has 0 aliphatic carbocycles. The molecule has 0 bridgehead atoms. The predicted octanol–water partition coefficient (Wildman–Crippen LogP) is 5.21. The molecule has 3 aromatic rings. The smallest absolute Gasteiger partial charge is 0.256 e. The number of nitrogens with zero attached hydrogens (tertiary/aromatic N) is 2. The molecule has 30 heavy (non-hydrogen) atoms. The van der Waals surface area contributed by atoms with Crippen molar-refractivity contribution in [2.24, 2.45) is 0 Å². The lowest BCUT2D eigenvalue weighted by molar-refractivity contribution is 0.102. The fraction of sp³-hybridized carbons (Fsp3) is 0.238. The summed E-state index contributed by atoms with van der Waals surface area (Å²) < 4.78 is 27.1. The van der Waals surface area contributed by atoms with E-state index in [2.05, 4.69) is 26.2 Å². The maximum atomic E-state index is 13.8. The van der Waals surface area contributed by atoms with Gasteiger partial charge in [0.25, 0.3) is 5.91 Å². The Bertz CT molecular complexity index is 1090. The van der Waals surface area contributed by atoms with Crippen molar-refractivity contribution in [3.8, 4) is 0 Å². The number of aliphatic hydroxyl groups is 1.